The molecule has 0 aliphatic heterocycles. The van der Waals surface area contributed by atoms with Gasteiger partial charge in [-0.15, -0.1) is 11.3 Å². The van der Waals surface area contributed by atoms with Gasteiger partial charge in [0.05, 0.1) is 25.3 Å². The van der Waals surface area contributed by atoms with E-state index >= 15 is 0 Å². The molecule has 1 saturated carbocycles. The van der Waals surface area contributed by atoms with E-state index in [2.05, 4.69) is 4.98 Å². The molecule has 0 bridgehead atoms. The lowest BCUT2D eigenvalue weighted by Crippen LogP contribution is -2.11. The zero-order valence-corrected chi connectivity index (χ0v) is 12.2. The fraction of sp³-hybridized carbons (Fsp3) is 0.400. The number of benzene rings is 1. The zero-order valence-electron chi connectivity index (χ0n) is 11.4. The minimum atomic E-state index is -0.170. The molecule has 1 unspecified atom stereocenters. The number of aromatic nitrogens is 1. The van der Waals surface area contributed by atoms with Gasteiger partial charge < -0.3 is 15.2 Å². The van der Waals surface area contributed by atoms with Gasteiger partial charge in [-0.2, -0.15) is 0 Å². The molecule has 3 rings (SSSR count). The van der Waals surface area contributed by atoms with Crippen LogP contribution in [0.3, 0.4) is 0 Å². The average Bonchev–Trinajstić information content (AvgIpc) is 3.15. The second kappa shape index (κ2) is 5.81. The summed E-state index contributed by atoms with van der Waals surface area (Å²) in [6.07, 6.45) is 4.34. The Bertz CT molecular complexity index is 567. The second-order valence-electron chi connectivity index (χ2n) is 5.05. The number of ether oxygens (including phenoxy) is 2. The van der Waals surface area contributed by atoms with E-state index < -0.39 is 0 Å². The minimum Gasteiger partial charge on any atom is -0.493 e. The summed E-state index contributed by atoms with van der Waals surface area (Å²) in [5, 5.41) is 0. The number of rotatable bonds is 6. The number of nitrogens with zero attached hydrogens (tertiary/aromatic N) is 1. The van der Waals surface area contributed by atoms with Crippen molar-refractivity contribution in [1.29, 1.82) is 0 Å². The number of hydrogen-bond acceptors (Lipinski definition) is 5. The van der Waals surface area contributed by atoms with Crippen molar-refractivity contribution in [2.24, 2.45) is 11.7 Å². The smallest absolute Gasteiger partial charge is 0.161 e. The second-order valence-corrected chi connectivity index (χ2v) is 5.96. The van der Waals surface area contributed by atoms with Crippen LogP contribution in [0.4, 0.5) is 0 Å². The lowest BCUT2D eigenvalue weighted by Gasteiger charge is -2.15. The predicted octanol–water partition coefficient (Wildman–Crippen LogP) is 2.99. The van der Waals surface area contributed by atoms with Crippen LogP contribution in [0.1, 0.15) is 29.3 Å². The SMILES string of the molecule is COc1ccc(C(N)c2cncs2)cc1OCC1CC1. The van der Waals surface area contributed by atoms with Crippen molar-refractivity contribution >= 4 is 11.3 Å². The van der Waals surface area contributed by atoms with Crippen molar-refractivity contribution in [2.45, 2.75) is 18.9 Å². The van der Waals surface area contributed by atoms with E-state index in [0.717, 1.165) is 28.5 Å². The number of thiazole rings is 1. The molecule has 1 aliphatic carbocycles. The maximum atomic E-state index is 6.26. The highest BCUT2D eigenvalue weighted by atomic mass is 32.1. The molecule has 1 aromatic carbocycles. The molecule has 1 heterocycles. The molecule has 20 heavy (non-hydrogen) atoms. The maximum Gasteiger partial charge on any atom is 0.161 e. The summed E-state index contributed by atoms with van der Waals surface area (Å²) >= 11 is 1.56. The number of nitrogens with two attached hydrogens (primary N) is 1. The van der Waals surface area contributed by atoms with Gasteiger partial charge in [0.15, 0.2) is 11.5 Å². The first-order valence-electron chi connectivity index (χ1n) is 6.72. The van der Waals surface area contributed by atoms with Crippen LogP contribution in [0.25, 0.3) is 0 Å². The largest absolute Gasteiger partial charge is 0.493 e. The first kappa shape index (κ1) is 13.4. The van der Waals surface area contributed by atoms with Crippen molar-refractivity contribution < 1.29 is 9.47 Å². The summed E-state index contributed by atoms with van der Waals surface area (Å²) in [6.45, 7) is 0.760. The van der Waals surface area contributed by atoms with Crippen LogP contribution < -0.4 is 15.2 Å². The molecule has 4 nitrogen and oxygen atoms in total. The van der Waals surface area contributed by atoms with Crippen LogP contribution in [-0.2, 0) is 0 Å². The molecule has 0 radical (unpaired) electrons. The lowest BCUT2D eigenvalue weighted by molar-refractivity contribution is 0.280. The Balaban J connectivity index is 1.81. The van der Waals surface area contributed by atoms with Gasteiger partial charge in [-0.25, -0.2) is 0 Å². The van der Waals surface area contributed by atoms with Gasteiger partial charge in [-0.05, 0) is 36.5 Å². The standard InChI is InChI=1S/C15H18N2O2S/c1-18-12-5-4-11(15(16)14-7-17-9-20-14)6-13(12)19-8-10-2-3-10/h4-7,9-10,15H,2-3,8,16H2,1H3. The van der Waals surface area contributed by atoms with E-state index in [-0.39, 0.29) is 6.04 Å². The monoisotopic (exact) mass is 290 g/mol. The van der Waals surface area contributed by atoms with E-state index in [4.69, 9.17) is 15.2 Å². The highest BCUT2D eigenvalue weighted by Crippen LogP contribution is 2.35. The lowest BCUT2D eigenvalue weighted by atomic mass is 10.1. The van der Waals surface area contributed by atoms with Gasteiger partial charge >= 0.3 is 0 Å². The van der Waals surface area contributed by atoms with Gasteiger partial charge in [0, 0.05) is 11.1 Å². The van der Waals surface area contributed by atoms with Crippen LogP contribution in [0.2, 0.25) is 0 Å². The molecule has 2 N–H and O–H groups in total. The van der Waals surface area contributed by atoms with E-state index in [1.165, 1.54) is 12.8 Å². The fourth-order valence-electron chi connectivity index (χ4n) is 2.04. The topological polar surface area (TPSA) is 57.4 Å². The molecule has 2 aromatic rings. The Hall–Kier alpha value is -1.59. The summed E-state index contributed by atoms with van der Waals surface area (Å²) in [7, 11) is 1.65. The van der Waals surface area contributed by atoms with Gasteiger partial charge in [0.1, 0.15) is 0 Å². The Morgan fingerprint density at radius 1 is 1.40 bits per heavy atom. The quantitative estimate of drug-likeness (QED) is 0.888. The van der Waals surface area contributed by atoms with E-state index in [9.17, 15) is 0 Å². The molecule has 106 valence electrons. The van der Waals surface area contributed by atoms with E-state index in [1.807, 2.05) is 24.4 Å². The molecule has 5 heteroatoms. The average molecular weight is 290 g/mol. The fourth-order valence-corrected chi connectivity index (χ4v) is 2.68. The van der Waals surface area contributed by atoms with Crippen LogP contribution in [0, 0.1) is 5.92 Å². The van der Waals surface area contributed by atoms with Crippen molar-refractivity contribution in [2.75, 3.05) is 13.7 Å². The Morgan fingerprint density at radius 3 is 2.90 bits per heavy atom. The molecule has 1 aromatic heterocycles. The summed E-state index contributed by atoms with van der Waals surface area (Å²) < 4.78 is 11.2. The van der Waals surface area contributed by atoms with Gasteiger partial charge in [-0.1, -0.05) is 6.07 Å². The molecule has 1 aliphatic rings. The van der Waals surface area contributed by atoms with E-state index in [0.29, 0.717) is 5.92 Å². The Morgan fingerprint density at radius 2 is 2.25 bits per heavy atom. The van der Waals surface area contributed by atoms with Gasteiger partial charge in [0.2, 0.25) is 0 Å². The highest BCUT2D eigenvalue weighted by Gasteiger charge is 2.23. The Labute approximate surface area is 122 Å². The van der Waals surface area contributed by atoms with Gasteiger partial charge in [-0.3, -0.25) is 4.98 Å². The molecule has 0 spiro atoms. The van der Waals surface area contributed by atoms with Crippen LogP contribution in [0.15, 0.2) is 29.9 Å². The summed E-state index contributed by atoms with van der Waals surface area (Å²) in [5.41, 5.74) is 9.07. The third kappa shape index (κ3) is 2.94. The molecular weight excluding hydrogens is 272 g/mol. The van der Waals surface area contributed by atoms with Crippen molar-refractivity contribution in [3.05, 3.63) is 40.3 Å². The summed E-state index contributed by atoms with van der Waals surface area (Å²) in [4.78, 5) is 5.12. The molecule has 1 fully saturated rings. The minimum absolute atomic E-state index is 0.170. The third-order valence-electron chi connectivity index (χ3n) is 3.48. The highest BCUT2D eigenvalue weighted by molar-refractivity contribution is 7.09. The maximum absolute atomic E-state index is 6.26. The van der Waals surface area contributed by atoms with Crippen LogP contribution >= 0.6 is 11.3 Å². The molecule has 0 amide bonds. The molecule has 0 saturated heterocycles. The first-order valence-corrected chi connectivity index (χ1v) is 7.60. The molecule has 1 atom stereocenters. The predicted molar refractivity (Wildman–Crippen MR) is 79.4 cm³/mol. The number of hydrogen-bond donors (Lipinski definition) is 1. The van der Waals surface area contributed by atoms with Crippen molar-refractivity contribution in [3.63, 3.8) is 0 Å². The summed E-state index contributed by atoms with van der Waals surface area (Å²) in [6, 6.07) is 5.70. The normalized spacial score (nSPS) is 15.9. The van der Waals surface area contributed by atoms with Crippen LogP contribution in [0.5, 0.6) is 11.5 Å². The Kier molecular flexibility index (Phi) is 3.89. The molecular formula is C15H18N2O2S. The van der Waals surface area contributed by atoms with Crippen molar-refractivity contribution in [3.8, 4) is 11.5 Å². The van der Waals surface area contributed by atoms with Gasteiger partial charge in [0.25, 0.3) is 0 Å². The van der Waals surface area contributed by atoms with E-state index in [1.54, 1.807) is 24.0 Å². The summed E-state index contributed by atoms with van der Waals surface area (Å²) in [5.74, 6) is 2.24. The van der Waals surface area contributed by atoms with Crippen molar-refractivity contribution in [1.82, 2.24) is 4.98 Å². The van der Waals surface area contributed by atoms with Crippen LogP contribution in [-0.4, -0.2) is 18.7 Å². The zero-order chi connectivity index (χ0) is 13.9. The first-order chi connectivity index (χ1) is 9.78. The third-order valence-corrected chi connectivity index (χ3v) is 4.33. The number of methoxy groups -OCH3 is 1.